The molecule has 1 heterocycles. The van der Waals surface area contributed by atoms with Crippen molar-refractivity contribution in [2.45, 2.75) is 26.3 Å². The van der Waals surface area contributed by atoms with E-state index in [2.05, 4.69) is 0 Å². The van der Waals surface area contributed by atoms with Crippen LogP contribution in [0.25, 0.3) is 0 Å². The first-order chi connectivity index (χ1) is 6.28. The molecular weight excluding hydrogens is 186 g/mol. The average molecular weight is 197 g/mol. The van der Waals surface area contributed by atoms with E-state index < -0.39 is 23.3 Å². The maximum absolute atomic E-state index is 11.4. The Kier molecular flexibility index (Phi) is 2.19. The molecule has 14 heavy (non-hydrogen) atoms. The van der Waals surface area contributed by atoms with Crippen molar-refractivity contribution in [1.82, 2.24) is 4.90 Å². The lowest BCUT2D eigenvalue weighted by Gasteiger charge is -2.29. The first kappa shape index (κ1) is 10.4. The van der Waals surface area contributed by atoms with Crippen molar-refractivity contribution >= 4 is 17.8 Å². The zero-order chi connectivity index (χ0) is 11.1. The third-order valence-electron chi connectivity index (χ3n) is 2.18. The molecule has 1 N–H and O–H groups in total. The van der Waals surface area contributed by atoms with Crippen LogP contribution in [0.1, 0.15) is 20.8 Å². The van der Waals surface area contributed by atoms with E-state index in [-0.39, 0.29) is 5.57 Å². The molecule has 0 spiro atoms. The van der Waals surface area contributed by atoms with Crippen LogP contribution < -0.4 is 0 Å². The first-order valence-electron chi connectivity index (χ1n) is 4.08. The molecule has 0 radical (unpaired) electrons. The summed E-state index contributed by atoms with van der Waals surface area (Å²) in [5, 5.41) is 8.85. The Labute approximate surface area is 81.0 Å². The van der Waals surface area contributed by atoms with E-state index in [1.165, 1.54) is 20.8 Å². The van der Waals surface area contributed by atoms with Gasteiger partial charge in [-0.25, -0.2) is 4.79 Å². The molecule has 5 heteroatoms. The summed E-state index contributed by atoms with van der Waals surface area (Å²) >= 11 is 0. The Morgan fingerprint density at radius 3 is 2.21 bits per heavy atom. The predicted molar refractivity (Wildman–Crippen MR) is 47.3 cm³/mol. The number of carbonyl (C=O) groups excluding carboxylic acids is 2. The maximum atomic E-state index is 11.4. The van der Waals surface area contributed by atoms with Crippen molar-refractivity contribution in [3.63, 3.8) is 0 Å². The molecule has 76 valence electrons. The van der Waals surface area contributed by atoms with Gasteiger partial charge in [-0.2, -0.15) is 0 Å². The second-order valence-electron chi connectivity index (χ2n) is 3.67. The number of carboxylic acids is 1. The van der Waals surface area contributed by atoms with Crippen LogP contribution in [0.15, 0.2) is 11.6 Å². The summed E-state index contributed by atoms with van der Waals surface area (Å²) in [5.41, 5.74) is -1.23. The average Bonchev–Trinajstić information content (AvgIpc) is 2.26. The van der Waals surface area contributed by atoms with Gasteiger partial charge in [0.15, 0.2) is 0 Å². The van der Waals surface area contributed by atoms with E-state index in [0.717, 1.165) is 11.0 Å². The maximum Gasteiger partial charge on any atom is 0.329 e. The molecule has 1 aliphatic rings. The number of amides is 2. The summed E-state index contributed by atoms with van der Waals surface area (Å²) in [5.74, 6) is -2.32. The smallest absolute Gasteiger partial charge is 0.329 e. The second-order valence-corrected chi connectivity index (χ2v) is 3.67. The van der Waals surface area contributed by atoms with Gasteiger partial charge in [0, 0.05) is 11.6 Å². The molecule has 1 aliphatic heterocycles. The van der Waals surface area contributed by atoms with Crippen LogP contribution in [0.5, 0.6) is 0 Å². The van der Waals surface area contributed by atoms with Crippen LogP contribution in [0.4, 0.5) is 0 Å². The molecule has 0 aromatic carbocycles. The fraction of sp³-hybridized carbons (Fsp3) is 0.444. The van der Waals surface area contributed by atoms with Gasteiger partial charge in [-0.15, -0.1) is 0 Å². The van der Waals surface area contributed by atoms with E-state index in [0.29, 0.717) is 0 Å². The van der Waals surface area contributed by atoms with Gasteiger partial charge in [0.25, 0.3) is 11.8 Å². The first-order valence-corrected chi connectivity index (χ1v) is 4.08. The van der Waals surface area contributed by atoms with Gasteiger partial charge in [-0.3, -0.25) is 14.5 Å². The molecule has 0 bridgehead atoms. The van der Waals surface area contributed by atoms with Crippen molar-refractivity contribution < 1.29 is 19.5 Å². The standard InChI is InChI=1S/C9H11NO4/c1-5-4-6(11)10(7(5)12)9(2,3)8(13)14/h4H,1-3H3,(H,13,14). The van der Waals surface area contributed by atoms with Gasteiger partial charge in [0.05, 0.1) is 0 Å². The van der Waals surface area contributed by atoms with E-state index in [1.54, 1.807) is 0 Å². The van der Waals surface area contributed by atoms with Gasteiger partial charge in [-0.1, -0.05) is 0 Å². The summed E-state index contributed by atoms with van der Waals surface area (Å²) < 4.78 is 0. The topological polar surface area (TPSA) is 74.7 Å². The number of hydrogen-bond donors (Lipinski definition) is 1. The molecule has 0 aromatic rings. The minimum Gasteiger partial charge on any atom is -0.480 e. The Hall–Kier alpha value is -1.65. The molecule has 0 saturated carbocycles. The summed E-state index contributed by atoms with van der Waals surface area (Å²) in [6, 6.07) is 0. The zero-order valence-corrected chi connectivity index (χ0v) is 8.20. The molecule has 0 atom stereocenters. The van der Waals surface area contributed by atoms with Gasteiger partial charge < -0.3 is 5.11 Å². The van der Waals surface area contributed by atoms with Gasteiger partial charge >= 0.3 is 5.97 Å². The van der Waals surface area contributed by atoms with Crippen LogP contribution in [0, 0.1) is 0 Å². The number of aliphatic carboxylic acids is 1. The fourth-order valence-corrected chi connectivity index (χ4v) is 1.21. The number of imide groups is 1. The molecular formula is C9H11NO4. The molecule has 0 fully saturated rings. The molecule has 0 aromatic heterocycles. The molecule has 0 saturated heterocycles. The van der Waals surface area contributed by atoms with Crippen molar-refractivity contribution in [3.05, 3.63) is 11.6 Å². The lowest BCUT2D eigenvalue weighted by atomic mass is 10.0. The van der Waals surface area contributed by atoms with Crippen molar-refractivity contribution in [1.29, 1.82) is 0 Å². The SMILES string of the molecule is CC1=CC(=O)N(C(C)(C)C(=O)O)C1=O. The van der Waals surface area contributed by atoms with Crippen LogP contribution >= 0.6 is 0 Å². The van der Waals surface area contributed by atoms with Gasteiger partial charge in [0.1, 0.15) is 5.54 Å². The van der Waals surface area contributed by atoms with Crippen LogP contribution in [0.3, 0.4) is 0 Å². The summed E-state index contributed by atoms with van der Waals surface area (Å²) in [4.78, 5) is 34.3. The molecule has 5 nitrogen and oxygen atoms in total. The Morgan fingerprint density at radius 2 is 1.93 bits per heavy atom. The summed E-state index contributed by atoms with van der Waals surface area (Å²) in [6.45, 7) is 4.12. The van der Waals surface area contributed by atoms with E-state index >= 15 is 0 Å². The van der Waals surface area contributed by atoms with Crippen molar-refractivity contribution in [2.24, 2.45) is 0 Å². The van der Waals surface area contributed by atoms with Crippen LogP contribution in [-0.2, 0) is 14.4 Å². The minimum absolute atomic E-state index is 0.268. The lowest BCUT2D eigenvalue weighted by molar-refractivity contribution is -0.159. The van der Waals surface area contributed by atoms with Crippen LogP contribution in [0.2, 0.25) is 0 Å². The van der Waals surface area contributed by atoms with E-state index in [9.17, 15) is 14.4 Å². The third-order valence-corrected chi connectivity index (χ3v) is 2.18. The zero-order valence-electron chi connectivity index (χ0n) is 8.20. The number of rotatable bonds is 2. The highest BCUT2D eigenvalue weighted by Gasteiger charge is 2.44. The number of hydrogen-bond acceptors (Lipinski definition) is 3. The minimum atomic E-state index is -1.50. The van der Waals surface area contributed by atoms with E-state index in [4.69, 9.17) is 5.11 Å². The van der Waals surface area contributed by atoms with Gasteiger partial charge in [-0.05, 0) is 20.8 Å². The van der Waals surface area contributed by atoms with E-state index in [1.807, 2.05) is 0 Å². The number of nitrogens with zero attached hydrogens (tertiary/aromatic N) is 1. The summed E-state index contributed by atoms with van der Waals surface area (Å²) in [6.07, 6.45) is 1.15. The Bertz CT molecular complexity index is 354. The fourth-order valence-electron chi connectivity index (χ4n) is 1.21. The third kappa shape index (κ3) is 1.30. The highest BCUT2D eigenvalue weighted by atomic mass is 16.4. The molecule has 1 rings (SSSR count). The van der Waals surface area contributed by atoms with Crippen molar-refractivity contribution in [3.8, 4) is 0 Å². The Balaban J connectivity index is 3.09. The predicted octanol–water partition coefficient (Wildman–Crippen LogP) is 0.165. The molecule has 0 unspecified atom stereocenters. The van der Waals surface area contributed by atoms with Gasteiger partial charge in [0.2, 0.25) is 0 Å². The number of carbonyl (C=O) groups is 3. The quantitative estimate of drug-likeness (QED) is 0.640. The molecule has 0 aliphatic carbocycles. The summed E-state index contributed by atoms with van der Waals surface area (Å²) in [7, 11) is 0. The van der Waals surface area contributed by atoms with Crippen molar-refractivity contribution in [2.75, 3.05) is 0 Å². The normalized spacial score (nSPS) is 17.4. The second kappa shape index (κ2) is 2.94. The largest absolute Gasteiger partial charge is 0.480 e. The lowest BCUT2D eigenvalue weighted by Crippen LogP contribution is -2.53. The highest BCUT2D eigenvalue weighted by Crippen LogP contribution is 2.23. The van der Waals surface area contributed by atoms with Crippen LogP contribution in [-0.4, -0.2) is 33.3 Å². The molecule has 2 amide bonds. The highest BCUT2D eigenvalue weighted by molar-refractivity contribution is 6.18. The monoisotopic (exact) mass is 197 g/mol. The number of carboxylic acid groups (broad SMARTS) is 1. The Morgan fingerprint density at radius 1 is 1.43 bits per heavy atom.